The maximum absolute atomic E-state index is 13.9. The summed E-state index contributed by atoms with van der Waals surface area (Å²) in [5, 5.41) is 13.9. The molecule has 1 saturated heterocycles. The van der Waals surface area contributed by atoms with Crippen molar-refractivity contribution in [1.29, 1.82) is 0 Å². The first-order chi connectivity index (χ1) is 9.99. The van der Waals surface area contributed by atoms with E-state index in [9.17, 15) is 14.5 Å². The van der Waals surface area contributed by atoms with E-state index >= 15 is 0 Å². The van der Waals surface area contributed by atoms with Gasteiger partial charge in [0.2, 0.25) is 5.82 Å². The highest BCUT2D eigenvalue weighted by molar-refractivity contribution is 5.36. The van der Waals surface area contributed by atoms with Crippen molar-refractivity contribution >= 4 is 5.69 Å². The van der Waals surface area contributed by atoms with Gasteiger partial charge < -0.3 is 10.2 Å². The highest BCUT2D eigenvalue weighted by Gasteiger charge is 2.22. The van der Waals surface area contributed by atoms with Crippen LogP contribution in [0.1, 0.15) is 5.56 Å². The molecule has 0 bridgehead atoms. The van der Waals surface area contributed by atoms with Crippen LogP contribution in [0.15, 0.2) is 18.2 Å². The highest BCUT2D eigenvalue weighted by atomic mass is 19.1. The van der Waals surface area contributed by atoms with Gasteiger partial charge in [-0.15, -0.1) is 0 Å². The maximum atomic E-state index is 13.9. The Labute approximate surface area is 123 Å². The van der Waals surface area contributed by atoms with E-state index in [1.807, 2.05) is 0 Å². The molecule has 6 nitrogen and oxygen atoms in total. The second kappa shape index (κ2) is 6.93. The lowest BCUT2D eigenvalue weighted by Gasteiger charge is -2.37. The molecule has 1 aliphatic rings. The number of halogens is 1. The summed E-state index contributed by atoms with van der Waals surface area (Å²) in [7, 11) is 4.16. The Balaban J connectivity index is 1.91. The van der Waals surface area contributed by atoms with E-state index < -0.39 is 16.4 Å². The Morgan fingerprint density at radius 1 is 1.43 bits per heavy atom. The molecule has 7 heteroatoms. The first-order valence-corrected chi connectivity index (χ1v) is 7.00. The number of rotatable bonds is 5. The lowest BCUT2D eigenvalue weighted by Crippen LogP contribution is -2.53. The standard InChI is InChI=1S/C14H21FN4O2/c1-17-6-7-18(2)12(10-17)9-16-8-11-4-3-5-13(14(11)15)19(20)21/h3-5,12,16H,6-10H2,1-2H3. The number of nitrogens with zero attached hydrogens (tertiary/aromatic N) is 3. The molecular weight excluding hydrogens is 275 g/mol. The molecular formula is C14H21FN4O2. The number of hydrogen-bond donors (Lipinski definition) is 1. The molecule has 1 unspecified atom stereocenters. The fraction of sp³-hybridized carbons (Fsp3) is 0.571. The molecule has 1 aliphatic heterocycles. The maximum Gasteiger partial charge on any atom is 0.305 e. The Hall–Kier alpha value is -1.57. The molecule has 0 aliphatic carbocycles. The predicted molar refractivity (Wildman–Crippen MR) is 78.7 cm³/mol. The molecule has 1 fully saturated rings. The summed E-state index contributed by atoms with van der Waals surface area (Å²) < 4.78 is 13.9. The first kappa shape index (κ1) is 15.8. The summed E-state index contributed by atoms with van der Waals surface area (Å²) in [6, 6.07) is 4.64. The molecule has 116 valence electrons. The van der Waals surface area contributed by atoms with Crippen molar-refractivity contribution in [2.45, 2.75) is 12.6 Å². The van der Waals surface area contributed by atoms with Crippen molar-refractivity contribution in [2.75, 3.05) is 40.3 Å². The molecule has 0 aromatic heterocycles. The van der Waals surface area contributed by atoms with Crippen LogP contribution in [-0.4, -0.2) is 61.0 Å². The number of likely N-dealkylation sites (N-methyl/N-ethyl adjacent to an activating group) is 2. The molecule has 1 atom stereocenters. The van der Waals surface area contributed by atoms with Crippen LogP contribution < -0.4 is 5.32 Å². The van der Waals surface area contributed by atoms with Gasteiger partial charge in [0.25, 0.3) is 0 Å². The third-order valence-corrected chi connectivity index (χ3v) is 3.93. The van der Waals surface area contributed by atoms with Gasteiger partial charge >= 0.3 is 5.69 Å². The minimum atomic E-state index is -0.746. The Kier molecular flexibility index (Phi) is 5.22. The summed E-state index contributed by atoms with van der Waals surface area (Å²) in [6.45, 7) is 4.03. The number of nitro benzene ring substituents is 1. The van der Waals surface area contributed by atoms with Gasteiger partial charge in [0.15, 0.2) is 0 Å². The minimum absolute atomic E-state index is 0.293. The number of nitro groups is 1. The van der Waals surface area contributed by atoms with Gasteiger partial charge in [-0.2, -0.15) is 4.39 Å². The number of piperazine rings is 1. The molecule has 0 spiro atoms. The van der Waals surface area contributed by atoms with Gasteiger partial charge in [-0.1, -0.05) is 12.1 Å². The molecule has 0 amide bonds. The van der Waals surface area contributed by atoms with Crippen LogP contribution in [0.25, 0.3) is 0 Å². The third-order valence-electron chi connectivity index (χ3n) is 3.93. The van der Waals surface area contributed by atoms with E-state index in [4.69, 9.17) is 0 Å². The fourth-order valence-electron chi connectivity index (χ4n) is 2.54. The number of hydrogen-bond acceptors (Lipinski definition) is 5. The first-order valence-electron chi connectivity index (χ1n) is 7.00. The highest BCUT2D eigenvalue weighted by Crippen LogP contribution is 2.20. The van der Waals surface area contributed by atoms with Crippen molar-refractivity contribution in [2.24, 2.45) is 0 Å². The van der Waals surface area contributed by atoms with Gasteiger partial charge in [0.1, 0.15) is 0 Å². The number of benzene rings is 1. The predicted octanol–water partition coefficient (Wildman–Crippen LogP) is 1.07. The SMILES string of the molecule is CN1CCN(C)C(CNCc2cccc([N+](=O)[O-])c2F)C1. The Morgan fingerprint density at radius 3 is 2.90 bits per heavy atom. The molecule has 1 N–H and O–H groups in total. The zero-order valence-corrected chi connectivity index (χ0v) is 12.4. The molecule has 0 radical (unpaired) electrons. The van der Waals surface area contributed by atoms with Crippen molar-refractivity contribution in [1.82, 2.24) is 15.1 Å². The van der Waals surface area contributed by atoms with E-state index in [1.54, 1.807) is 6.07 Å². The average molecular weight is 296 g/mol. The lowest BCUT2D eigenvalue weighted by molar-refractivity contribution is -0.387. The van der Waals surface area contributed by atoms with Crippen LogP contribution in [-0.2, 0) is 6.54 Å². The van der Waals surface area contributed by atoms with Crippen LogP contribution in [0.3, 0.4) is 0 Å². The second-order valence-corrected chi connectivity index (χ2v) is 5.53. The van der Waals surface area contributed by atoms with Gasteiger partial charge in [0.05, 0.1) is 4.92 Å². The Bertz CT molecular complexity index is 512. The molecule has 21 heavy (non-hydrogen) atoms. The van der Waals surface area contributed by atoms with E-state index in [0.717, 1.165) is 26.2 Å². The van der Waals surface area contributed by atoms with Gasteiger partial charge in [-0.05, 0) is 14.1 Å². The molecule has 1 aromatic carbocycles. The average Bonchev–Trinajstić information content (AvgIpc) is 2.44. The molecule has 1 heterocycles. The van der Waals surface area contributed by atoms with Crippen LogP contribution in [0.4, 0.5) is 10.1 Å². The monoisotopic (exact) mass is 296 g/mol. The van der Waals surface area contributed by atoms with Crippen molar-refractivity contribution in [3.63, 3.8) is 0 Å². The lowest BCUT2D eigenvalue weighted by atomic mass is 10.1. The van der Waals surface area contributed by atoms with Gasteiger partial charge in [-0.25, -0.2) is 0 Å². The van der Waals surface area contributed by atoms with Crippen LogP contribution >= 0.6 is 0 Å². The zero-order valence-electron chi connectivity index (χ0n) is 12.4. The van der Waals surface area contributed by atoms with E-state index in [2.05, 4.69) is 29.2 Å². The summed E-state index contributed by atoms with van der Waals surface area (Å²) in [5.41, 5.74) is -0.139. The summed E-state index contributed by atoms with van der Waals surface area (Å²) >= 11 is 0. The summed E-state index contributed by atoms with van der Waals surface area (Å²) in [4.78, 5) is 14.6. The summed E-state index contributed by atoms with van der Waals surface area (Å²) in [5.74, 6) is -0.746. The van der Waals surface area contributed by atoms with E-state index in [0.29, 0.717) is 18.2 Å². The van der Waals surface area contributed by atoms with Crippen LogP contribution in [0.5, 0.6) is 0 Å². The zero-order chi connectivity index (χ0) is 15.4. The van der Waals surface area contributed by atoms with Gasteiger partial charge in [-0.3, -0.25) is 15.0 Å². The smallest absolute Gasteiger partial charge is 0.305 e. The molecule has 1 aromatic rings. The van der Waals surface area contributed by atoms with E-state index in [-0.39, 0.29) is 0 Å². The normalized spacial score (nSPS) is 20.6. The number of nitrogens with one attached hydrogen (secondary N) is 1. The second-order valence-electron chi connectivity index (χ2n) is 5.53. The molecule has 0 saturated carbocycles. The quantitative estimate of drug-likeness (QED) is 0.650. The van der Waals surface area contributed by atoms with E-state index in [1.165, 1.54) is 12.1 Å². The van der Waals surface area contributed by atoms with Crippen LogP contribution in [0, 0.1) is 15.9 Å². The Morgan fingerprint density at radius 2 is 2.19 bits per heavy atom. The van der Waals surface area contributed by atoms with Crippen LogP contribution in [0.2, 0.25) is 0 Å². The fourth-order valence-corrected chi connectivity index (χ4v) is 2.54. The largest absolute Gasteiger partial charge is 0.311 e. The topological polar surface area (TPSA) is 61.6 Å². The summed E-state index contributed by atoms with van der Waals surface area (Å²) in [6.07, 6.45) is 0. The minimum Gasteiger partial charge on any atom is -0.311 e. The third kappa shape index (κ3) is 3.96. The van der Waals surface area contributed by atoms with Gasteiger partial charge in [0, 0.05) is 50.4 Å². The van der Waals surface area contributed by atoms with Crippen molar-refractivity contribution in [3.05, 3.63) is 39.7 Å². The molecule has 2 rings (SSSR count). The van der Waals surface area contributed by atoms with Crippen molar-refractivity contribution < 1.29 is 9.31 Å². The van der Waals surface area contributed by atoms with Crippen molar-refractivity contribution in [3.8, 4) is 0 Å².